The molecule has 3 aromatic carbocycles. The summed E-state index contributed by atoms with van der Waals surface area (Å²) < 4.78 is 33.8. The number of hydrogen-bond donors (Lipinski definition) is 1. The maximum Gasteiger partial charge on any atom is 0.247 e. The Kier molecular flexibility index (Phi) is 7.89. The van der Waals surface area contributed by atoms with Crippen LogP contribution in [-0.4, -0.2) is 38.8 Å². The number of ether oxygens (including phenoxy) is 1. The zero-order valence-electron chi connectivity index (χ0n) is 19.5. The maximum atomic E-state index is 13.7. The van der Waals surface area contributed by atoms with Gasteiger partial charge in [-0.15, -0.1) is 0 Å². The second-order valence-electron chi connectivity index (χ2n) is 8.10. The van der Waals surface area contributed by atoms with Crippen LogP contribution in [0.1, 0.15) is 22.3 Å². The van der Waals surface area contributed by atoms with Gasteiger partial charge >= 0.3 is 0 Å². The fourth-order valence-electron chi connectivity index (χ4n) is 3.61. The third-order valence-electron chi connectivity index (χ3n) is 5.41. The molecule has 0 aromatic heterocycles. The van der Waals surface area contributed by atoms with Gasteiger partial charge in [-0.05, 0) is 62.1 Å². The predicted octanol–water partition coefficient (Wildman–Crippen LogP) is 4.49. The first-order chi connectivity index (χ1) is 15.7. The van der Waals surface area contributed by atoms with E-state index < -0.39 is 15.9 Å². The lowest BCUT2D eigenvalue weighted by Crippen LogP contribution is -2.39. The summed E-state index contributed by atoms with van der Waals surface area (Å²) in [4.78, 5) is 13.0. The molecule has 0 aliphatic carbocycles. The highest BCUT2D eigenvalue weighted by Crippen LogP contribution is 2.28. The van der Waals surface area contributed by atoms with E-state index in [4.69, 9.17) is 4.74 Å². The minimum atomic E-state index is -3.99. The molecule has 0 radical (unpaired) electrons. The molecule has 0 bridgehead atoms. The Hall–Kier alpha value is -3.16. The first kappa shape index (κ1) is 24.5. The molecule has 174 valence electrons. The molecule has 0 saturated carbocycles. The molecular formula is C26H30N2O4S. The van der Waals surface area contributed by atoms with E-state index in [0.29, 0.717) is 12.1 Å². The van der Waals surface area contributed by atoms with Gasteiger partial charge in [0.15, 0.2) is 0 Å². The fourth-order valence-corrected chi connectivity index (χ4v) is 5.25. The molecule has 3 aromatic rings. The molecule has 0 fully saturated rings. The van der Waals surface area contributed by atoms with E-state index in [0.717, 1.165) is 22.3 Å². The van der Waals surface area contributed by atoms with Gasteiger partial charge in [0, 0.05) is 12.2 Å². The number of hydrogen-bond acceptors (Lipinski definition) is 4. The zero-order valence-corrected chi connectivity index (χ0v) is 20.3. The van der Waals surface area contributed by atoms with Gasteiger partial charge in [-0.25, -0.2) is 8.42 Å². The number of nitrogens with one attached hydrogen (secondary N) is 1. The Bertz CT molecular complexity index is 1220. The summed E-state index contributed by atoms with van der Waals surface area (Å²) in [5, 5.41) is 2.85. The average molecular weight is 467 g/mol. The van der Waals surface area contributed by atoms with Gasteiger partial charge in [-0.2, -0.15) is 4.31 Å². The summed E-state index contributed by atoms with van der Waals surface area (Å²) in [5.41, 5.74) is 4.45. The van der Waals surface area contributed by atoms with Crippen molar-refractivity contribution in [1.82, 2.24) is 4.31 Å². The van der Waals surface area contributed by atoms with Crippen molar-refractivity contribution in [2.24, 2.45) is 0 Å². The lowest BCUT2D eigenvalue weighted by Gasteiger charge is -2.23. The van der Waals surface area contributed by atoms with E-state index in [1.54, 1.807) is 18.2 Å². The van der Waals surface area contributed by atoms with E-state index in [-0.39, 0.29) is 23.7 Å². The van der Waals surface area contributed by atoms with Gasteiger partial charge in [-0.3, -0.25) is 4.79 Å². The quantitative estimate of drug-likeness (QED) is 0.504. The van der Waals surface area contributed by atoms with Crippen molar-refractivity contribution in [1.29, 1.82) is 0 Å². The molecule has 33 heavy (non-hydrogen) atoms. The zero-order chi connectivity index (χ0) is 24.0. The fraction of sp³-hybridized carbons (Fsp3) is 0.269. The van der Waals surface area contributed by atoms with Crippen molar-refractivity contribution in [3.05, 3.63) is 89.0 Å². The van der Waals surface area contributed by atoms with Crippen LogP contribution in [0.4, 0.5) is 5.69 Å². The second kappa shape index (κ2) is 10.6. The first-order valence-electron chi connectivity index (χ1n) is 10.8. The van der Waals surface area contributed by atoms with E-state index in [2.05, 4.69) is 5.32 Å². The Balaban J connectivity index is 1.90. The molecular weight excluding hydrogens is 436 g/mol. The van der Waals surface area contributed by atoms with E-state index in [1.807, 2.05) is 69.3 Å². The van der Waals surface area contributed by atoms with Crippen molar-refractivity contribution in [3.63, 3.8) is 0 Å². The van der Waals surface area contributed by atoms with Crippen LogP contribution in [0, 0.1) is 20.8 Å². The van der Waals surface area contributed by atoms with Gasteiger partial charge in [0.05, 0.1) is 13.7 Å². The number of carbonyl (C=O) groups excluding carboxylic acids is 1. The summed E-state index contributed by atoms with van der Waals surface area (Å²) in [7, 11) is -2.56. The van der Waals surface area contributed by atoms with Gasteiger partial charge in [0.2, 0.25) is 15.9 Å². The van der Waals surface area contributed by atoms with Gasteiger partial charge in [0.25, 0.3) is 0 Å². The summed E-state index contributed by atoms with van der Waals surface area (Å²) in [6.07, 6.45) is 0.477. The highest BCUT2D eigenvalue weighted by molar-refractivity contribution is 7.89. The number of sulfonamides is 1. The van der Waals surface area contributed by atoms with Gasteiger partial charge in [0.1, 0.15) is 10.6 Å². The number of anilines is 1. The summed E-state index contributed by atoms with van der Waals surface area (Å²) >= 11 is 0. The van der Waals surface area contributed by atoms with Gasteiger partial charge < -0.3 is 10.1 Å². The van der Waals surface area contributed by atoms with Crippen LogP contribution in [0.25, 0.3) is 0 Å². The Labute approximate surface area is 196 Å². The third kappa shape index (κ3) is 6.21. The highest BCUT2D eigenvalue weighted by Gasteiger charge is 2.29. The van der Waals surface area contributed by atoms with Crippen LogP contribution in [-0.2, 0) is 21.2 Å². The molecule has 0 atom stereocenters. The molecule has 1 amide bonds. The van der Waals surface area contributed by atoms with Crippen LogP contribution >= 0.6 is 0 Å². The molecule has 0 heterocycles. The van der Waals surface area contributed by atoms with Crippen molar-refractivity contribution >= 4 is 21.6 Å². The lowest BCUT2D eigenvalue weighted by atomic mass is 10.1. The molecule has 6 nitrogen and oxygen atoms in total. The van der Waals surface area contributed by atoms with E-state index >= 15 is 0 Å². The summed E-state index contributed by atoms with van der Waals surface area (Å²) in [6.45, 7) is 5.55. The topological polar surface area (TPSA) is 75.7 Å². The molecule has 0 aliphatic rings. The number of methoxy groups -OCH3 is 1. The number of nitrogens with zero attached hydrogens (tertiary/aromatic N) is 1. The number of carbonyl (C=O) groups is 1. The van der Waals surface area contributed by atoms with Crippen LogP contribution in [0.3, 0.4) is 0 Å². The van der Waals surface area contributed by atoms with Crippen LogP contribution in [0.2, 0.25) is 0 Å². The molecule has 3 rings (SSSR count). The SMILES string of the molecule is COc1ccc(C)cc1S(=O)(=O)N(CCc1ccccc1)CC(=O)Nc1ccc(C)cc1C. The van der Waals surface area contributed by atoms with Gasteiger partial charge in [-0.1, -0.05) is 54.1 Å². The van der Waals surface area contributed by atoms with Crippen LogP contribution in [0.15, 0.2) is 71.6 Å². The lowest BCUT2D eigenvalue weighted by molar-refractivity contribution is -0.116. The monoisotopic (exact) mass is 466 g/mol. The van der Waals surface area contributed by atoms with Crippen molar-refractivity contribution in [3.8, 4) is 5.75 Å². The number of benzene rings is 3. The molecule has 0 aliphatic heterocycles. The van der Waals surface area contributed by atoms with Crippen LogP contribution in [0.5, 0.6) is 5.75 Å². The Morgan fingerprint density at radius 1 is 0.939 bits per heavy atom. The maximum absolute atomic E-state index is 13.7. The Morgan fingerprint density at radius 3 is 2.27 bits per heavy atom. The largest absolute Gasteiger partial charge is 0.495 e. The highest BCUT2D eigenvalue weighted by atomic mass is 32.2. The predicted molar refractivity (Wildman–Crippen MR) is 131 cm³/mol. The first-order valence-corrected chi connectivity index (χ1v) is 12.2. The summed E-state index contributed by atoms with van der Waals surface area (Å²) in [6, 6.07) is 20.3. The number of rotatable bonds is 9. The third-order valence-corrected chi connectivity index (χ3v) is 7.27. The number of amides is 1. The minimum absolute atomic E-state index is 0.0531. The molecule has 0 unspecified atom stereocenters. The second-order valence-corrected chi connectivity index (χ2v) is 10.0. The van der Waals surface area contributed by atoms with E-state index in [9.17, 15) is 13.2 Å². The molecule has 0 saturated heterocycles. The van der Waals surface area contributed by atoms with Crippen molar-refractivity contribution < 1.29 is 17.9 Å². The molecule has 7 heteroatoms. The average Bonchev–Trinajstić information content (AvgIpc) is 2.79. The Morgan fingerprint density at radius 2 is 1.61 bits per heavy atom. The molecule has 1 N–H and O–H groups in total. The number of aryl methyl sites for hydroxylation is 3. The standard InChI is InChI=1S/C26H30N2O4S/c1-19-10-12-23(21(3)16-19)27-26(29)18-28(15-14-22-8-6-5-7-9-22)33(30,31)25-17-20(2)11-13-24(25)32-4/h5-13,16-17H,14-15,18H2,1-4H3,(H,27,29). The minimum Gasteiger partial charge on any atom is -0.495 e. The van der Waals surface area contributed by atoms with E-state index in [1.165, 1.54) is 11.4 Å². The summed E-state index contributed by atoms with van der Waals surface area (Å²) in [5.74, 6) is -0.148. The normalized spacial score (nSPS) is 11.4. The smallest absolute Gasteiger partial charge is 0.247 e. The van der Waals surface area contributed by atoms with Crippen molar-refractivity contribution in [2.45, 2.75) is 32.1 Å². The van der Waals surface area contributed by atoms with Crippen LogP contribution < -0.4 is 10.1 Å². The molecule has 0 spiro atoms. The van der Waals surface area contributed by atoms with Crippen molar-refractivity contribution in [2.75, 3.05) is 25.5 Å².